The summed E-state index contributed by atoms with van der Waals surface area (Å²) >= 11 is 7.84. The highest BCUT2D eigenvalue weighted by Crippen LogP contribution is 2.70. The lowest BCUT2D eigenvalue weighted by molar-refractivity contribution is -0.152. The molecular formula is C29H21Br2NO6. The number of halogens is 2. The number of likely N-dealkylation sites (tertiary alicyclic amines) is 1. The highest BCUT2D eigenvalue weighted by molar-refractivity contribution is 9.10. The van der Waals surface area contributed by atoms with Gasteiger partial charge in [-0.05, 0) is 46.5 Å². The first-order chi connectivity index (χ1) is 18.2. The van der Waals surface area contributed by atoms with Crippen molar-refractivity contribution in [3.8, 4) is 5.75 Å². The second-order valence-corrected chi connectivity index (χ2v) is 12.0. The Bertz CT molecular complexity index is 1400. The third-order valence-electron chi connectivity index (χ3n) is 7.74. The summed E-state index contributed by atoms with van der Waals surface area (Å²) in [7, 11) is 1.52. The minimum absolute atomic E-state index is 0.354. The van der Waals surface area contributed by atoms with Gasteiger partial charge in [0.2, 0.25) is 11.8 Å². The first-order valence-electron chi connectivity index (χ1n) is 12.0. The summed E-state index contributed by atoms with van der Waals surface area (Å²) in [5.74, 6) is -3.09. The molecule has 3 aliphatic carbocycles. The number of esters is 1. The molecule has 1 saturated heterocycles. The number of rotatable bonds is 6. The zero-order valence-electron chi connectivity index (χ0n) is 20.1. The number of carbonyl (C=O) groups is 4. The zero-order chi connectivity index (χ0) is 26.8. The molecule has 0 spiro atoms. The van der Waals surface area contributed by atoms with Crippen LogP contribution < -0.4 is 4.74 Å². The number of ether oxygens (including phenoxy) is 2. The van der Waals surface area contributed by atoms with Gasteiger partial charge in [-0.1, -0.05) is 80.4 Å². The average Bonchev–Trinajstić information content (AvgIpc) is 3.20. The number of Topliss-reactive ketones (excluding diaryl/α,β-unsaturated/α-hetero) is 1. The number of hydrogen-bond donors (Lipinski definition) is 0. The quantitative estimate of drug-likeness (QED) is 0.173. The molecular weight excluding hydrogens is 618 g/mol. The molecule has 38 heavy (non-hydrogen) atoms. The Morgan fingerprint density at radius 2 is 1.24 bits per heavy atom. The molecule has 3 aromatic carbocycles. The number of imide groups is 1. The summed E-state index contributed by atoms with van der Waals surface area (Å²) in [6, 6.07) is 21.9. The number of hydrogen-bond acceptors (Lipinski definition) is 6. The van der Waals surface area contributed by atoms with Gasteiger partial charge in [0.05, 0.1) is 27.6 Å². The number of amides is 2. The Morgan fingerprint density at radius 3 is 1.66 bits per heavy atom. The van der Waals surface area contributed by atoms with Crippen LogP contribution in [0.15, 0.2) is 72.8 Å². The minimum Gasteiger partial charge on any atom is -0.497 e. The van der Waals surface area contributed by atoms with Crippen molar-refractivity contribution in [2.45, 2.75) is 8.65 Å². The second kappa shape index (κ2) is 8.88. The van der Waals surface area contributed by atoms with Gasteiger partial charge in [0.15, 0.2) is 12.4 Å². The van der Waals surface area contributed by atoms with E-state index in [-0.39, 0.29) is 0 Å². The summed E-state index contributed by atoms with van der Waals surface area (Å²) < 4.78 is 8.40. The number of benzene rings is 3. The molecule has 7 nitrogen and oxygen atoms in total. The topological polar surface area (TPSA) is 90.0 Å². The van der Waals surface area contributed by atoms with Crippen LogP contribution >= 0.6 is 31.9 Å². The van der Waals surface area contributed by atoms with Crippen molar-refractivity contribution in [1.82, 2.24) is 4.90 Å². The molecule has 2 amide bonds. The van der Waals surface area contributed by atoms with Gasteiger partial charge in [0.25, 0.3) is 0 Å². The summed E-state index contributed by atoms with van der Waals surface area (Å²) in [5.41, 5.74) is 3.99. The van der Waals surface area contributed by atoms with Gasteiger partial charge in [0.1, 0.15) is 12.3 Å². The molecule has 0 saturated carbocycles. The fraction of sp³-hybridized carbons (Fsp3) is 0.241. The molecule has 0 aromatic heterocycles. The lowest BCUT2D eigenvalue weighted by atomic mass is 9.54. The van der Waals surface area contributed by atoms with E-state index in [4.69, 9.17) is 9.47 Å². The van der Waals surface area contributed by atoms with Crippen molar-refractivity contribution in [3.05, 3.63) is 101 Å². The highest BCUT2D eigenvalue weighted by atomic mass is 79.9. The molecule has 1 fully saturated rings. The molecule has 1 heterocycles. The molecule has 0 radical (unpaired) electrons. The van der Waals surface area contributed by atoms with Crippen LogP contribution in [-0.4, -0.2) is 48.7 Å². The predicted molar refractivity (Wildman–Crippen MR) is 144 cm³/mol. The standard InChI is InChI=1S/C29H21Br2NO6/c1-37-17-12-10-16(11-13-17)22(33)15-38-23(34)14-32-26(35)24-25(27(32)36)29(31)19-7-3-2-6-18(19)28(24,30)20-8-4-5-9-21(20)29/h2-13,24-25H,14-15H2,1H3. The van der Waals surface area contributed by atoms with E-state index in [0.717, 1.165) is 27.2 Å². The summed E-state index contributed by atoms with van der Waals surface area (Å²) in [5, 5.41) is 0. The Balaban J connectivity index is 1.27. The van der Waals surface area contributed by atoms with E-state index >= 15 is 0 Å². The largest absolute Gasteiger partial charge is 0.497 e. The van der Waals surface area contributed by atoms with E-state index in [2.05, 4.69) is 31.9 Å². The molecule has 3 aromatic rings. The minimum atomic E-state index is -0.934. The Morgan fingerprint density at radius 1 is 0.789 bits per heavy atom. The van der Waals surface area contributed by atoms with Crippen LogP contribution in [0.4, 0.5) is 0 Å². The maximum absolute atomic E-state index is 13.8. The lowest BCUT2D eigenvalue weighted by Crippen LogP contribution is -2.56. The van der Waals surface area contributed by atoms with Crippen LogP contribution in [0.2, 0.25) is 0 Å². The van der Waals surface area contributed by atoms with E-state index in [1.165, 1.54) is 7.11 Å². The van der Waals surface area contributed by atoms with Crippen LogP contribution in [0.5, 0.6) is 5.75 Å². The number of alkyl halides is 2. The van der Waals surface area contributed by atoms with Crippen LogP contribution in [-0.2, 0) is 27.8 Å². The van der Waals surface area contributed by atoms with E-state index in [1.54, 1.807) is 24.3 Å². The van der Waals surface area contributed by atoms with Crippen molar-refractivity contribution in [1.29, 1.82) is 0 Å². The molecule has 192 valence electrons. The van der Waals surface area contributed by atoms with Crippen LogP contribution in [0.25, 0.3) is 0 Å². The Kier molecular flexibility index (Phi) is 5.84. The van der Waals surface area contributed by atoms with Crippen molar-refractivity contribution in [2.75, 3.05) is 20.3 Å². The van der Waals surface area contributed by atoms with Crippen LogP contribution in [0.3, 0.4) is 0 Å². The molecule has 1 aliphatic heterocycles. The number of carbonyl (C=O) groups excluding carboxylic acids is 4. The Labute approximate surface area is 235 Å². The van der Waals surface area contributed by atoms with E-state index in [9.17, 15) is 19.2 Å². The van der Waals surface area contributed by atoms with Gasteiger partial charge in [0, 0.05) is 5.56 Å². The van der Waals surface area contributed by atoms with E-state index in [0.29, 0.717) is 11.3 Å². The Hall–Kier alpha value is -3.30. The van der Waals surface area contributed by atoms with E-state index < -0.39 is 57.2 Å². The van der Waals surface area contributed by atoms with Crippen molar-refractivity contribution in [3.63, 3.8) is 0 Å². The molecule has 2 atom stereocenters. The monoisotopic (exact) mass is 637 g/mol. The smallest absolute Gasteiger partial charge is 0.326 e. The number of methoxy groups -OCH3 is 1. The molecule has 2 bridgehead atoms. The molecule has 4 aliphatic rings. The molecule has 9 heteroatoms. The molecule has 7 rings (SSSR count). The first-order valence-corrected chi connectivity index (χ1v) is 13.6. The maximum atomic E-state index is 13.8. The second-order valence-electron chi connectivity index (χ2n) is 9.55. The lowest BCUT2D eigenvalue weighted by Gasteiger charge is -2.55. The van der Waals surface area contributed by atoms with Gasteiger partial charge in [-0.2, -0.15) is 0 Å². The number of ketones is 1. The SMILES string of the molecule is COc1ccc(C(=O)COC(=O)CN2C(=O)C3C(C2=O)C2(Br)c4ccccc4C3(Br)c3ccccc32)cc1. The summed E-state index contributed by atoms with van der Waals surface area (Å²) in [4.78, 5) is 53.8. The maximum Gasteiger partial charge on any atom is 0.326 e. The molecule has 0 N–H and O–H groups in total. The average molecular weight is 639 g/mol. The van der Waals surface area contributed by atoms with Crippen molar-refractivity contribution in [2.24, 2.45) is 11.8 Å². The van der Waals surface area contributed by atoms with Gasteiger partial charge >= 0.3 is 5.97 Å². The van der Waals surface area contributed by atoms with Crippen molar-refractivity contribution < 1.29 is 28.7 Å². The third-order valence-corrected chi connectivity index (χ3v) is 10.4. The number of nitrogens with zero attached hydrogens (tertiary/aromatic N) is 1. The van der Waals surface area contributed by atoms with Gasteiger partial charge in [-0.3, -0.25) is 24.1 Å². The normalized spacial score (nSPS) is 26.4. The summed E-state index contributed by atoms with van der Waals surface area (Å²) in [6.07, 6.45) is 0. The third kappa shape index (κ3) is 3.31. The van der Waals surface area contributed by atoms with Crippen LogP contribution in [0, 0.1) is 11.8 Å². The predicted octanol–water partition coefficient (Wildman–Crippen LogP) is 4.33. The fourth-order valence-electron chi connectivity index (χ4n) is 6.06. The van der Waals surface area contributed by atoms with Crippen molar-refractivity contribution >= 4 is 55.4 Å². The van der Waals surface area contributed by atoms with Gasteiger partial charge in [-0.15, -0.1) is 0 Å². The highest BCUT2D eigenvalue weighted by Gasteiger charge is 2.72. The van der Waals surface area contributed by atoms with Gasteiger partial charge in [-0.25, -0.2) is 0 Å². The fourth-order valence-corrected chi connectivity index (χ4v) is 8.36. The van der Waals surface area contributed by atoms with E-state index in [1.807, 2.05) is 48.5 Å². The van der Waals surface area contributed by atoms with Crippen LogP contribution in [0.1, 0.15) is 32.6 Å². The van der Waals surface area contributed by atoms with Gasteiger partial charge < -0.3 is 9.47 Å². The first kappa shape index (κ1) is 25.0. The zero-order valence-corrected chi connectivity index (χ0v) is 23.3. The molecule has 2 unspecified atom stereocenters. The summed E-state index contributed by atoms with van der Waals surface area (Å²) in [6.45, 7) is -1.07.